The number of nitrogens with one attached hydrogen (secondary N) is 3. The zero-order chi connectivity index (χ0) is 23.0. The maximum Gasteiger partial charge on any atom is 0.322 e. The summed E-state index contributed by atoms with van der Waals surface area (Å²) in [5.41, 5.74) is 3.61. The molecule has 0 aliphatic carbocycles. The summed E-state index contributed by atoms with van der Waals surface area (Å²) in [4.78, 5) is 37.0. The minimum atomic E-state index is -1.27. The molecule has 0 saturated carbocycles. The molecule has 3 N–H and O–H groups in total. The summed E-state index contributed by atoms with van der Waals surface area (Å²) in [6, 6.07) is 12.3. The number of aryl methyl sites for hydroxylation is 1. The van der Waals surface area contributed by atoms with Crippen molar-refractivity contribution in [3.8, 4) is 0 Å². The maximum atomic E-state index is 12.9. The minimum absolute atomic E-state index is 0.0217. The largest absolute Gasteiger partial charge is 0.378 e. The highest BCUT2D eigenvalue weighted by atomic mass is 16.5. The molecule has 1 spiro atoms. The molecule has 0 unspecified atom stereocenters. The lowest BCUT2D eigenvalue weighted by Crippen LogP contribution is -2.67. The van der Waals surface area contributed by atoms with Gasteiger partial charge in [0.05, 0.1) is 23.9 Å². The second-order valence-electron chi connectivity index (χ2n) is 8.43. The van der Waals surface area contributed by atoms with Crippen LogP contribution in [0.2, 0.25) is 0 Å². The normalized spacial score (nSPS) is 22.4. The molecule has 2 aromatic heterocycles. The smallest absolute Gasteiger partial charge is 0.322 e. The van der Waals surface area contributed by atoms with Gasteiger partial charge in [0, 0.05) is 30.4 Å². The fourth-order valence-electron chi connectivity index (χ4n) is 4.62. The molecular weight excluding hydrogens is 422 g/mol. The predicted molar refractivity (Wildman–Crippen MR) is 120 cm³/mol. The molecule has 2 aliphatic heterocycles. The Labute approximate surface area is 190 Å². The number of benzene rings is 1. The summed E-state index contributed by atoms with van der Waals surface area (Å²) in [6.07, 6.45) is 3.93. The van der Waals surface area contributed by atoms with Crippen molar-refractivity contribution in [2.24, 2.45) is 0 Å². The first-order valence-corrected chi connectivity index (χ1v) is 11.1. The van der Waals surface area contributed by atoms with Crippen LogP contribution in [-0.4, -0.2) is 52.3 Å². The van der Waals surface area contributed by atoms with E-state index in [0.29, 0.717) is 25.0 Å². The van der Waals surface area contributed by atoms with Crippen LogP contribution in [0.4, 0.5) is 4.79 Å². The van der Waals surface area contributed by atoms with Crippen molar-refractivity contribution in [3.05, 3.63) is 71.0 Å². The van der Waals surface area contributed by atoms with Gasteiger partial charge in [-0.15, -0.1) is 0 Å². The topological polar surface area (TPSA) is 114 Å². The van der Waals surface area contributed by atoms with Crippen LogP contribution in [0, 0.1) is 0 Å². The molecule has 2 fully saturated rings. The van der Waals surface area contributed by atoms with E-state index in [0.717, 1.165) is 23.2 Å². The van der Waals surface area contributed by atoms with Gasteiger partial charge in [-0.3, -0.25) is 14.9 Å². The molecule has 2 saturated heterocycles. The van der Waals surface area contributed by atoms with Crippen molar-refractivity contribution in [2.45, 2.75) is 37.8 Å². The molecule has 3 aromatic rings. The van der Waals surface area contributed by atoms with Crippen molar-refractivity contribution < 1.29 is 19.1 Å². The van der Waals surface area contributed by atoms with E-state index in [2.05, 4.69) is 34.0 Å². The molecular formula is C24H25N5O4. The van der Waals surface area contributed by atoms with E-state index in [1.54, 1.807) is 12.1 Å². The predicted octanol–water partition coefficient (Wildman–Crippen LogP) is 1.58. The van der Waals surface area contributed by atoms with Gasteiger partial charge in [-0.25, -0.2) is 9.31 Å². The molecule has 5 rings (SSSR count). The number of ether oxygens (including phenoxy) is 1. The molecule has 9 heteroatoms. The molecule has 2 aliphatic rings. The number of amides is 4. The number of imide groups is 1. The first-order valence-electron chi connectivity index (χ1n) is 11.1. The minimum Gasteiger partial charge on any atom is -0.378 e. The van der Waals surface area contributed by atoms with Crippen molar-refractivity contribution in [2.75, 3.05) is 13.2 Å². The van der Waals surface area contributed by atoms with Crippen molar-refractivity contribution in [1.82, 2.24) is 25.6 Å². The molecule has 2 atom stereocenters. The monoisotopic (exact) mass is 447 g/mol. The van der Waals surface area contributed by atoms with Crippen molar-refractivity contribution in [1.29, 1.82) is 0 Å². The van der Waals surface area contributed by atoms with Gasteiger partial charge < -0.3 is 15.4 Å². The summed E-state index contributed by atoms with van der Waals surface area (Å²) < 4.78 is 7.33. The number of carbonyl (C=O) groups is 3. The molecule has 4 amide bonds. The Kier molecular flexibility index (Phi) is 5.33. The van der Waals surface area contributed by atoms with E-state index in [1.807, 2.05) is 35.0 Å². The molecule has 0 bridgehead atoms. The van der Waals surface area contributed by atoms with Crippen LogP contribution in [0.5, 0.6) is 0 Å². The molecule has 9 nitrogen and oxygen atoms in total. The standard InChI is InChI=1S/C24H25N5O4/c1-2-18-17(19-5-3-4-11-29(19)28-18)13-15-6-8-16(9-7-15)21(30)25-20-10-12-33-14-24(20)22(31)26-23(32)27-24/h3-9,11,20H,2,10,12-14H2,1H3,(H,25,30)(H2,26,27,31,32)/t20-,24+/m1/s1. The number of hydrogen-bond acceptors (Lipinski definition) is 5. The van der Waals surface area contributed by atoms with Gasteiger partial charge in [-0.1, -0.05) is 25.1 Å². The highest BCUT2D eigenvalue weighted by Crippen LogP contribution is 2.24. The van der Waals surface area contributed by atoms with Gasteiger partial charge >= 0.3 is 6.03 Å². The number of nitrogens with zero attached hydrogens (tertiary/aromatic N) is 2. The molecule has 0 radical (unpaired) electrons. The third kappa shape index (κ3) is 3.74. The lowest BCUT2D eigenvalue weighted by molar-refractivity contribution is -0.130. The van der Waals surface area contributed by atoms with Gasteiger partial charge in [0.25, 0.3) is 11.8 Å². The number of pyridine rings is 1. The van der Waals surface area contributed by atoms with E-state index >= 15 is 0 Å². The molecule has 33 heavy (non-hydrogen) atoms. The fourth-order valence-corrected chi connectivity index (χ4v) is 4.62. The third-order valence-electron chi connectivity index (χ3n) is 6.41. The van der Waals surface area contributed by atoms with Gasteiger partial charge in [0.15, 0.2) is 5.54 Å². The van der Waals surface area contributed by atoms with E-state index in [-0.39, 0.29) is 12.5 Å². The summed E-state index contributed by atoms with van der Waals surface area (Å²) in [5, 5.41) is 12.5. The molecule has 1 aromatic carbocycles. The van der Waals surface area contributed by atoms with Crippen LogP contribution in [0.1, 0.15) is 40.5 Å². The van der Waals surface area contributed by atoms with E-state index in [1.165, 1.54) is 5.56 Å². The summed E-state index contributed by atoms with van der Waals surface area (Å²) in [6.45, 7) is 2.51. The van der Waals surface area contributed by atoms with Crippen LogP contribution in [-0.2, 0) is 22.4 Å². The van der Waals surface area contributed by atoms with Gasteiger partial charge in [-0.05, 0) is 42.7 Å². The number of rotatable bonds is 5. The number of carbonyl (C=O) groups excluding carboxylic acids is 3. The number of fused-ring (bicyclic) bond motifs is 1. The maximum absolute atomic E-state index is 12.9. The zero-order valence-corrected chi connectivity index (χ0v) is 18.3. The first kappa shape index (κ1) is 21.1. The van der Waals surface area contributed by atoms with E-state index in [4.69, 9.17) is 4.74 Å². The number of urea groups is 1. The summed E-state index contributed by atoms with van der Waals surface area (Å²) in [5.74, 6) is -0.778. The lowest BCUT2D eigenvalue weighted by atomic mass is 9.86. The van der Waals surface area contributed by atoms with Gasteiger partial charge in [-0.2, -0.15) is 5.10 Å². The fraction of sp³-hybridized carbons (Fsp3) is 0.333. The summed E-state index contributed by atoms with van der Waals surface area (Å²) >= 11 is 0. The molecule has 4 heterocycles. The Balaban J connectivity index is 1.32. The lowest BCUT2D eigenvalue weighted by Gasteiger charge is -2.38. The third-order valence-corrected chi connectivity index (χ3v) is 6.41. The highest BCUT2D eigenvalue weighted by molar-refractivity contribution is 6.08. The average molecular weight is 447 g/mol. The Hall–Kier alpha value is -3.72. The molecule has 170 valence electrons. The Morgan fingerprint density at radius 1 is 1.24 bits per heavy atom. The van der Waals surface area contributed by atoms with Gasteiger partial charge in [0.2, 0.25) is 0 Å². The Bertz CT molecular complexity index is 1240. The second kappa shape index (κ2) is 8.32. The van der Waals surface area contributed by atoms with Crippen LogP contribution < -0.4 is 16.0 Å². The van der Waals surface area contributed by atoms with Crippen LogP contribution in [0.25, 0.3) is 5.52 Å². The van der Waals surface area contributed by atoms with E-state index < -0.39 is 23.5 Å². The summed E-state index contributed by atoms with van der Waals surface area (Å²) in [7, 11) is 0. The quantitative estimate of drug-likeness (QED) is 0.514. The average Bonchev–Trinajstić information content (AvgIpc) is 3.32. The van der Waals surface area contributed by atoms with E-state index in [9.17, 15) is 14.4 Å². The van der Waals surface area contributed by atoms with Crippen LogP contribution in [0.15, 0.2) is 48.7 Å². The van der Waals surface area contributed by atoms with Crippen LogP contribution in [0.3, 0.4) is 0 Å². The first-order chi connectivity index (χ1) is 16.0. The van der Waals surface area contributed by atoms with Crippen molar-refractivity contribution in [3.63, 3.8) is 0 Å². The Morgan fingerprint density at radius 2 is 2.06 bits per heavy atom. The zero-order valence-electron chi connectivity index (χ0n) is 18.3. The van der Waals surface area contributed by atoms with Crippen molar-refractivity contribution >= 4 is 23.4 Å². The SMILES string of the molecule is CCc1nn2ccccc2c1Cc1ccc(C(=O)N[C@@H]2CCOC[C@]23NC(=O)NC3=O)cc1. The second-order valence-corrected chi connectivity index (χ2v) is 8.43. The highest BCUT2D eigenvalue weighted by Gasteiger charge is 2.54. The Morgan fingerprint density at radius 3 is 2.79 bits per heavy atom. The van der Waals surface area contributed by atoms with Gasteiger partial charge in [0.1, 0.15) is 0 Å². The number of hydrogen-bond donors (Lipinski definition) is 3. The van der Waals surface area contributed by atoms with Crippen LogP contribution >= 0.6 is 0 Å². The number of aromatic nitrogens is 2.